The van der Waals surface area contributed by atoms with E-state index in [9.17, 15) is 4.79 Å². The zero-order valence-corrected chi connectivity index (χ0v) is 11.3. The van der Waals surface area contributed by atoms with E-state index >= 15 is 0 Å². The molecule has 0 saturated carbocycles. The van der Waals surface area contributed by atoms with E-state index in [0.29, 0.717) is 12.5 Å². The van der Waals surface area contributed by atoms with Gasteiger partial charge in [0.2, 0.25) is 5.91 Å². The Morgan fingerprint density at radius 2 is 2.24 bits per heavy atom. The third kappa shape index (κ3) is 2.47. The molecule has 0 spiro atoms. The summed E-state index contributed by atoms with van der Waals surface area (Å²) < 4.78 is 0. The zero-order chi connectivity index (χ0) is 12.5. The molecule has 0 aliphatic carbocycles. The van der Waals surface area contributed by atoms with Crippen LogP contribution in [-0.4, -0.2) is 49.1 Å². The molecule has 4 heteroatoms. The van der Waals surface area contributed by atoms with Gasteiger partial charge in [0.05, 0.1) is 6.54 Å². The summed E-state index contributed by atoms with van der Waals surface area (Å²) in [6.07, 6.45) is 1.00. The number of hydrogen-bond donors (Lipinski definition) is 2. The molecule has 4 nitrogen and oxygen atoms in total. The molecule has 2 heterocycles. The first-order valence-corrected chi connectivity index (χ1v) is 6.78. The summed E-state index contributed by atoms with van der Waals surface area (Å²) in [5.74, 6) is 1.60. The molecule has 98 valence electrons. The van der Waals surface area contributed by atoms with Crippen molar-refractivity contribution in [3.8, 4) is 0 Å². The number of nitrogens with zero attached hydrogens (tertiary/aromatic N) is 1. The van der Waals surface area contributed by atoms with Gasteiger partial charge >= 0.3 is 0 Å². The molecule has 0 bridgehead atoms. The summed E-state index contributed by atoms with van der Waals surface area (Å²) in [6.45, 7) is 11.3. The SMILES string of the molecule is CCCNC(=O)CN1CC2CNCC2C1(C)C. The van der Waals surface area contributed by atoms with Gasteiger partial charge in [-0.15, -0.1) is 0 Å². The lowest BCUT2D eigenvalue weighted by Gasteiger charge is -2.35. The molecule has 0 radical (unpaired) electrons. The highest BCUT2D eigenvalue weighted by molar-refractivity contribution is 5.78. The second-order valence-corrected chi connectivity index (χ2v) is 5.91. The molecule has 0 aromatic rings. The van der Waals surface area contributed by atoms with Gasteiger partial charge in [0, 0.05) is 25.2 Å². The predicted molar refractivity (Wildman–Crippen MR) is 68.8 cm³/mol. The second kappa shape index (κ2) is 4.94. The van der Waals surface area contributed by atoms with Crippen LogP contribution < -0.4 is 10.6 Å². The Morgan fingerprint density at radius 3 is 2.88 bits per heavy atom. The van der Waals surface area contributed by atoms with E-state index in [1.807, 2.05) is 0 Å². The van der Waals surface area contributed by atoms with Crippen LogP contribution in [0.5, 0.6) is 0 Å². The van der Waals surface area contributed by atoms with Crippen LogP contribution in [0.2, 0.25) is 0 Å². The fourth-order valence-corrected chi connectivity index (χ4v) is 3.27. The summed E-state index contributed by atoms with van der Waals surface area (Å²) in [7, 11) is 0. The van der Waals surface area contributed by atoms with E-state index in [-0.39, 0.29) is 11.4 Å². The minimum atomic E-state index is 0.151. The van der Waals surface area contributed by atoms with Crippen LogP contribution in [0.1, 0.15) is 27.2 Å². The molecule has 0 aromatic carbocycles. The van der Waals surface area contributed by atoms with Crippen LogP contribution in [0.15, 0.2) is 0 Å². The molecule has 2 unspecified atom stereocenters. The summed E-state index contributed by atoms with van der Waals surface area (Å²) >= 11 is 0. The molecule has 2 atom stereocenters. The van der Waals surface area contributed by atoms with Gasteiger partial charge < -0.3 is 10.6 Å². The molecule has 1 amide bonds. The van der Waals surface area contributed by atoms with E-state index in [0.717, 1.165) is 38.5 Å². The second-order valence-electron chi connectivity index (χ2n) is 5.91. The number of fused-ring (bicyclic) bond motifs is 1. The van der Waals surface area contributed by atoms with Gasteiger partial charge in [0.25, 0.3) is 0 Å². The topological polar surface area (TPSA) is 44.4 Å². The highest BCUT2D eigenvalue weighted by Gasteiger charge is 2.49. The zero-order valence-electron chi connectivity index (χ0n) is 11.3. The lowest BCUT2D eigenvalue weighted by Crippen LogP contribution is -2.48. The van der Waals surface area contributed by atoms with Gasteiger partial charge in [-0.1, -0.05) is 6.92 Å². The first-order chi connectivity index (χ1) is 8.05. The van der Waals surface area contributed by atoms with Gasteiger partial charge in [-0.25, -0.2) is 0 Å². The Hall–Kier alpha value is -0.610. The Kier molecular flexibility index (Phi) is 3.73. The van der Waals surface area contributed by atoms with Crippen LogP contribution in [-0.2, 0) is 4.79 Å². The number of carbonyl (C=O) groups is 1. The van der Waals surface area contributed by atoms with Crippen LogP contribution in [0, 0.1) is 11.8 Å². The van der Waals surface area contributed by atoms with Crippen LogP contribution in [0.4, 0.5) is 0 Å². The van der Waals surface area contributed by atoms with E-state index < -0.39 is 0 Å². The Bertz CT molecular complexity index is 290. The van der Waals surface area contributed by atoms with Crippen molar-refractivity contribution in [2.75, 3.05) is 32.7 Å². The number of rotatable bonds is 4. The molecule has 2 aliphatic heterocycles. The minimum absolute atomic E-state index is 0.151. The van der Waals surface area contributed by atoms with Crippen molar-refractivity contribution in [2.45, 2.75) is 32.7 Å². The van der Waals surface area contributed by atoms with Crippen LogP contribution in [0.3, 0.4) is 0 Å². The van der Waals surface area contributed by atoms with Crippen molar-refractivity contribution in [2.24, 2.45) is 11.8 Å². The maximum Gasteiger partial charge on any atom is 0.234 e. The lowest BCUT2D eigenvalue weighted by molar-refractivity contribution is -0.123. The van der Waals surface area contributed by atoms with Crippen molar-refractivity contribution in [3.63, 3.8) is 0 Å². The monoisotopic (exact) mass is 239 g/mol. The quantitative estimate of drug-likeness (QED) is 0.748. The molecule has 0 aromatic heterocycles. The first kappa shape index (κ1) is 12.8. The van der Waals surface area contributed by atoms with Crippen molar-refractivity contribution in [3.05, 3.63) is 0 Å². The molecular weight excluding hydrogens is 214 g/mol. The highest BCUT2D eigenvalue weighted by atomic mass is 16.2. The normalized spacial score (nSPS) is 31.5. The number of nitrogens with one attached hydrogen (secondary N) is 2. The largest absolute Gasteiger partial charge is 0.355 e. The smallest absolute Gasteiger partial charge is 0.234 e. The Morgan fingerprint density at radius 1 is 1.47 bits per heavy atom. The molecule has 17 heavy (non-hydrogen) atoms. The maximum absolute atomic E-state index is 11.8. The Balaban J connectivity index is 1.91. The number of amides is 1. The number of likely N-dealkylation sites (tertiary alicyclic amines) is 1. The molecule has 2 N–H and O–H groups in total. The lowest BCUT2D eigenvalue weighted by atomic mass is 9.85. The summed E-state index contributed by atoms with van der Waals surface area (Å²) in [4.78, 5) is 14.2. The van der Waals surface area contributed by atoms with Crippen LogP contribution >= 0.6 is 0 Å². The summed E-state index contributed by atoms with van der Waals surface area (Å²) in [6, 6.07) is 0. The van der Waals surface area contributed by atoms with Crippen molar-refractivity contribution >= 4 is 5.91 Å². The van der Waals surface area contributed by atoms with Crippen molar-refractivity contribution in [1.29, 1.82) is 0 Å². The highest BCUT2D eigenvalue weighted by Crippen LogP contribution is 2.40. The number of carbonyl (C=O) groups excluding carboxylic acids is 1. The predicted octanol–water partition coefficient (Wildman–Crippen LogP) is 0.442. The van der Waals surface area contributed by atoms with Gasteiger partial charge in [-0.3, -0.25) is 9.69 Å². The Labute approximate surface area is 104 Å². The fraction of sp³-hybridized carbons (Fsp3) is 0.923. The van der Waals surface area contributed by atoms with Crippen molar-refractivity contribution in [1.82, 2.24) is 15.5 Å². The maximum atomic E-state index is 11.8. The van der Waals surface area contributed by atoms with Gasteiger partial charge in [0.15, 0.2) is 0 Å². The summed E-state index contributed by atoms with van der Waals surface area (Å²) in [5, 5.41) is 6.43. The molecule has 2 aliphatic rings. The average molecular weight is 239 g/mol. The van der Waals surface area contributed by atoms with E-state index in [2.05, 4.69) is 36.3 Å². The van der Waals surface area contributed by atoms with Gasteiger partial charge in [-0.2, -0.15) is 0 Å². The standard InChI is InChI=1S/C13H25N3O/c1-4-5-15-12(17)9-16-8-10-6-14-7-11(10)13(16,2)3/h10-11,14H,4-9H2,1-3H3,(H,15,17). The average Bonchev–Trinajstić information content (AvgIpc) is 2.81. The van der Waals surface area contributed by atoms with Gasteiger partial charge in [-0.05, 0) is 38.6 Å². The van der Waals surface area contributed by atoms with Crippen molar-refractivity contribution < 1.29 is 4.79 Å². The first-order valence-electron chi connectivity index (χ1n) is 6.78. The third-order valence-electron chi connectivity index (χ3n) is 4.42. The van der Waals surface area contributed by atoms with E-state index in [4.69, 9.17) is 0 Å². The minimum Gasteiger partial charge on any atom is -0.355 e. The third-order valence-corrected chi connectivity index (χ3v) is 4.42. The van der Waals surface area contributed by atoms with Crippen LogP contribution in [0.25, 0.3) is 0 Å². The van der Waals surface area contributed by atoms with E-state index in [1.165, 1.54) is 0 Å². The van der Waals surface area contributed by atoms with E-state index in [1.54, 1.807) is 0 Å². The number of hydrogen-bond acceptors (Lipinski definition) is 3. The molecular formula is C13H25N3O. The van der Waals surface area contributed by atoms with Gasteiger partial charge in [0.1, 0.15) is 0 Å². The summed E-state index contributed by atoms with van der Waals surface area (Å²) in [5.41, 5.74) is 0.151. The molecule has 2 fully saturated rings. The molecule has 2 rings (SSSR count). The molecule has 2 saturated heterocycles. The fourth-order valence-electron chi connectivity index (χ4n) is 3.27.